The lowest BCUT2D eigenvalue weighted by Crippen LogP contribution is -2.30. The Morgan fingerprint density at radius 3 is 2.37 bits per heavy atom. The molecule has 10 heteroatoms. The molecule has 2 heterocycles. The third-order valence-corrected chi connectivity index (χ3v) is 7.55. The largest absolute Gasteiger partial charge is 0.365 e. The molecule has 0 atom stereocenters. The molecule has 0 saturated heterocycles. The highest BCUT2D eigenvalue weighted by Gasteiger charge is 2.26. The minimum absolute atomic E-state index is 0.0486. The molecule has 0 saturated carbocycles. The lowest BCUT2D eigenvalue weighted by molar-refractivity contribution is 0.100. The molecular weight excluding hydrogens is 388 g/mol. The fourth-order valence-corrected chi connectivity index (χ4v) is 5.38. The minimum atomic E-state index is -3.67. The van der Waals surface area contributed by atoms with Crippen LogP contribution in [0, 0.1) is 13.8 Å². The first kappa shape index (κ1) is 21.1. The van der Waals surface area contributed by atoms with E-state index in [0.29, 0.717) is 18.1 Å². The molecule has 0 aliphatic rings. The third kappa shape index (κ3) is 3.92. The summed E-state index contributed by atoms with van der Waals surface area (Å²) < 4.78 is 28.1. The van der Waals surface area contributed by atoms with Crippen LogP contribution in [0.15, 0.2) is 17.2 Å². The van der Waals surface area contributed by atoms with Crippen LogP contribution in [-0.2, 0) is 17.1 Å². The molecule has 0 fully saturated rings. The van der Waals surface area contributed by atoms with Gasteiger partial charge in [0, 0.05) is 31.2 Å². The van der Waals surface area contributed by atoms with Crippen molar-refractivity contribution in [3.05, 3.63) is 34.0 Å². The van der Waals surface area contributed by atoms with Crippen molar-refractivity contribution in [1.29, 1.82) is 0 Å². The molecule has 8 nitrogen and oxygen atoms in total. The van der Waals surface area contributed by atoms with Crippen LogP contribution in [0.1, 0.15) is 45.1 Å². The van der Waals surface area contributed by atoms with Crippen LogP contribution >= 0.6 is 11.3 Å². The number of anilines is 1. The summed E-state index contributed by atoms with van der Waals surface area (Å²) in [7, 11) is -2.08. The van der Waals surface area contributed by atoms with Gasteiger partial charge in [-0.25, -0.2) is 8.42 Å². The number of aromatic nitrogens is 1. The van der Waals surface area contributed by atoms with Crippen molar-refractivity contribution >= 4 is 38.2 Å². The van der Waals surface area contributed by atoms with E-state index in [4.69, 9.17) is 5.73 Å². The van der Waals surface area contributed by atoms with Gasteiger partial charge in [-0.05, 0) is 25.5 Å². The first-order valence-electron chi connectivity index (χ1n) is 8.42. The Balaban J connectivity index is 2.39. The SMILES string of the molecule is CCN(CC)S(=O)(=O)c1cc(C(=O)Nc2sc(C)c(C)c2C(N)=O)n(C)c1. The van der Waals surface area contributed by atoms with Gasteiger partial charge in [0.25, 0.3) is 11.8 Å². The summed E-state index contributed by atoms with van der Waals surface area (Å²) in [6, 6.07) is 1.33. The molecule has 0 aliphatic carbocycles. The number of aryl methyl sites for hydroxylation is 2. The Labute approximate surface area is 163 Å². The van der Waals surface area contributed by atoms with E-state index < -0.39 is 21.8 Å². The highest BCUT2D eigenvalue weighted by atomic mass is 32.2. The Bertz CT molecular complexity index is 985. The van der Waals surface area contributed by atoms with Gasteiger partial charge in [0.15, 0.2) is 0 Å². The molecule has 3 N–H and O–H groups in total. The Morgan fingerprint density at radius 2 is 1.85 bits per heavy atom. The summed E-state index contributed by atoms with van der Waals surface area (Å²) in [6.45, 7) is 7.78. The summed E-state index contributed by atoms with van der Waals surface area (Å²) in [4.78, 5) is 25.3. The number of nitrogens with zero attached hydrogens (tertiary/aromatic N) is 2. The lowest BCUT2D eigenvalue weighted by Gasteiger charge is -2.17. The van der Waals surface area contributed by atoms with Gasteiger partial charge in [-0.3, -0.25) is 9.59 Å². The number of carbonyl (C=O) groups is 2. The molecular formula is C17H24N4O4S2. The molecule has 0 unspecified atom stereocenters. The number of nitrogens with one attached hydrogen (secondary N) is 1. The van der Waals surface area contributed by atoms with Crippen molar-refractivity contribution in [2.45, 2.75) is 32.6 Å². The highest BCUT2D eigenvalue weighted by Crippen LogP contribution is 2.32. The number of rotatable bonds is 7. The van der Waals surface area contributed by atoms with Gasteiger partial charge in [-0.15, -0.1) is 11.3 Å². The van der Waals surface area contributed by atoms with E-state index in [1.807, 2.05) is 6.92 Å². The second-order valence-corrected chi connectivity index (χ2v) is 9.23. The van der Waals surface area contributed by atoms with E-state index in [1.54, 1.807) is 27.8 Å². The van der Waals surface area contributed by atoms with Crippen LogP contribution < -0.4 is 11.1 Å². The van der Waals surface area contributed by atoms with Gasteiger partial charge in [-0.2, -0.15) is 4.31 Å². The Morgan fingerprint density at radius 1 is 1.26 bits per heavy atom. The number of sulfonamides is 1. The number of thiophene rings is 1. The quantitative estimate of drug-likeness (QED) is 0.724. The fraction of sp³-hybridized carbons (Fsp3) is 0.412. The maximum absolute atomic E-state index is 12.7. The Kier molecular flexibility index (Phi) is 6.13. The monoisotopic (exact) mass is 412 g/mol. The molecule has 0 bridgehead atoms. The Hall–Kier alpha value is -2.17. The molecule has 148 valence electrons. The smallest absolute Gasteiger partial charge is 0.272 e. The first-order valence-corrected chi connectivity index (χ1v) is 10.7. The lowest BCUT2D eigenvalue weighted by atomic mass is 10.1. The summed E-state index contributed by atoms with van der Waals surface area (Å²) in [5.74, 6) is -1.13. The van der Waals surface area contributed by atoms with Crippen LogP contribution in [-0.4, -0.2) is 42.2 Å². The van der Waals surface area contributed by atoms with Gasteiger partial charge in [-0.1, -0.05) is 13.8 Å². The average Bonchev–Trinajstić information content (AvgIpc) is 3.09. The zero-order valence-electron chi connectivity index (χ0n) is 16.0. The second kappa shape index (κ2) is 7.83. The molecule has 2 aromatic heterocycles. The maximum Gasteiger partial charge on any atom is 0.272 e. The third-order valence-electron chi connectivity index (χ3n) is 4.41. The molecule has 2 amide bonds. The number of carbonyl (C=O) groups excluding carboxylic acids is 2. The van der Waals surface area contributed by atoms with Gasteiger partial charge >= 0.3 is 0 Å². The van der Waals surface area contributed by atoms with Gasteiger partial charge in [0.2, 0.25) is 10.0 Å². The summed E-state index contributed by atoms with van der Waals surface area (Å²) in [6.07, 6.45) is 1.41. The summed E-state index contributed by atoms with van der Waals surface area (Å²) in [5, 5.41) is 3.04. The van der Waals surface area contributed by atoms with Crippen LogP contribution in [0.3, 0.4) is 0 Å². The van der Waals surface area contributed by atoms with Crippen molar-refractivity contribution in [2.24, 2.45) is 12.8 Å². The average molecular weight is 413 g/mol. The van der Waals surface area contributed by atoms with E-state index in [9.17, 15) is 18.0 Å². The van der Waals surface area contributed by atoms with Crippen molar-refractivity contribution in [1.82, 2.24) is 8.87 Å². The van der Waals surface area contributed by atoms with E-state index in [2.05, 4.69) is 5.32 Å². The van der Waals surface area contributed by atoms with E-state index >= 15 is 0 Å². The number of hydrogen-bond acceptors (Lipinski definition) is 5. The zero-order valence-corrected chi connectivity index (χ0v) is 17.6. The van der Waals surface area contributed by atoms with Crippen molar-refractivity contribution in [2.75, 3.05) is 18.4 Å². The molecule has 0 aliphatic heterocycles. The molecule has 0 aromatic carbocycles. The van der Waals surface area contributed by atoms with E-state index in [0.717, 1.165) is 10.4 Å². The molecule has 2 aromatic rings. The van der Waals surface area contributed by atoms with Crippen molar-refractivity contribution in [3.8, 4) is 0 Å². The van der Waals surface area contributed by atoms with Crippen molar-refractivity contribution in [3.63, 3.8) is 0 Å². The number of primary amides is 1. The first-order chi connectivity index (χ1) is 12.5. The van der Waals surface area contributed by atoms with Gasteiger partial charge in [0.05, 0.1) is 5.56 Å². The summed E-state index contributed by atoms with van der Waals surface area (Å²) in [5.41, 5.74) is 6.59. The summed E-state index contributed by atoms with van der Waals surface area (Å²) >= 11 is 1.25. The van der Waals surface area contributed by atoms with Crippen LogP contribution in [0.5, 0.6) is 0 Å². The molecule has 0 radical (unpaired) electrons. The number of amides is 2. The van der Waals surface area contributed by atoms with Gasteiger partial charge in [0.1, 0.15) is 15.6 Å². The van der Waals surface area contributed by atoms with Crippen LogP contribution in [0.2, 0.25) is 0 Å². The standard InChI is InChI=1S/C17H24N4O4S2/c1-6-21(7-2)27(24,25)12-8-13(20(5)9-12)16(23)19-17-14(15(18)22)10(3)11(4)26-17/h8-9H,6-7H2,1-5H3,(H2,18,22)(H,19,23). The van der Waals surface area contributed by atoms with Crippen molar-refractivity contribution < 1.29 is 18.0 Å². The molecule has 0 spiro atoms. The zero-order chi connectivity index (χ0) is 20.5. The number of nitrogens with two attached hydrogens (primary N) is 1. The predicted molar refractivity (Wildman–Crippen MR) is 106 cm³/mol. The van der Waals surface area contributed by atoms with E-state index in [1.165, 1.54) is 32.5 Å². The highest BCUT2D eigenvalue weighted by molar-refractivity contribution is 7.89. The molecule has 27 heavy (non-hydrogen) atoms. The second-order valence-electron chi connectivity index (χ2n) is 6.07. The van der Waals surface area contributed by atoms with Crippen LogP contribution in [0.25, 0.3) is 0 Å². The topological polar surface area (TPSA) is 114 Å². The van der Waals surface area contributed by atoms with Crippen LogP contribution in [0.4, 0.5) is 5.00 Å². The fourth-order valence-electron chi connectivity index (χ4n) is 2.79. The predicted octanol–water partition coefficient (Wildman–Crippen LogP) is 2.09. The normalized spacial score (nSPS) is 11.8. The van der Waals surface area contributed by atoms with E-state index in [-0.39, 0.29) is 16.2 Å². The minimum Gasteiger partial charge on any atom is -0.365 e. The molecule has 2 rings (SSSR count). The number of hydrogen-bond donors (Lipinski definition) is 2. The van der Waals surface area contributed by atoms with Gasteiger partial charge < -0.3 is 15.6 Å². The maximum atomic E-state index is 12.7.